The highest BCUT2D eigenvalue weighted by Crippen LogP contribution is 2.53. The molecule has 1 aliphatic rings. The van der Waals surface area contributed by atoms with Crippen molar-refractivity contribution in [3.8, 4) is 33.6 Å². The molecule has 0 fully saturated rings. The van der Waals surface area contributed by atoms with Gasteiger partial charge >= 0.3 is 0 Å². The van der Waals surface area contributed by atoms with E-state index in [9.17, 15) is 0 Å². The number of hydrogen-bond donors (Lipinski definition) is 0. The molecular weight excluding hydrogens is 472 g/mol. The first-order valence-electron chi connectivity index (χ1n) is 13.5. The molecule has 0 radical (unpaired) electrons. The number of hydrogen-bond acceptors (Lipinski definition) is 2. The fraction of sp³-hybridized carbons (Fsp3) is 0.0811. The molecule has 0 N–H and O–H groups in total. The molecule has 8 rings (SSSR count). The molecule has 7 aromatic rings. The Labute approximate surface area is 227 Å². The monoisotopic (exact) mass is 498 g/mol. The zero-order valence-corrected chi connectivity index (χ0v) is 21.9. The fourth-order valence-corrected chi connectivity index (χ4v) is 6.70. The topological polar surface area (TPSA) is 25.8 Å². The molecule has 1 aliphatic carbocycles. The summed E-state index contributed by atoms with van der Waals surface area (Å²) in [5.74, 6) is 0. The molecule has 184 valence electrons. The van der Waals surface area contributed by atoms with Gasteiger partial charge in [-0.3, -0.25) is 4.98 Å². The van der Waals surface area contributed by atoms with Gasteiger partial charge in [0.15, 0.2) is 0 Å². The van der Waals surface area contributed by atoms with E-state index in [1.807, 2.05) is 6.20 Å². The Morgan fingerprint density at radius 1 is 0.564 bits per heavy atom. The van der Waals surface area contributed by atoms with Gasteiger partial charge in [-0.15, -0.1) is 0 Å². The third kappa shape index (κ3) is 3.15. The summed E-state index contributed by atoms with van der Waals surface area (Å²) in [6.45, 7) is 4.72. The minimum atomic E-state index is -0.110. The van der Waals surface area contributed by atoms with Gasteiger partial charge in [0.05, 0.1) is 16.9 Å². The number of fused-ring (bicyclic) bond motifs is 8. The number of benzene rings is 5. The molecule has 5 aromatic carbocycles. The van der Waals surface area contributed by atoms with Gasteiger partial charge in [0.2, 0.25) is 0 Å². The van der Waals surface area contributed by atoms with Crippen LogP contribution in [0.2, 0.25) is 0 Å². The van der Waals surface area contributed by atoms with Gasteiger partial charge in [-0.1, -0.05) is 111 Å². The van der Waals surface area contributed by atoms with Crippen LogP contribution in [0.1, 0.15) is 25.0 Å². The maximum atomic E-state index is 5.27. The van der Waals surface area contributed by atoms with Gasteiger partial charge in [-0.2, -0.15) is 0 Å². The summed E-state index contributed by atoms with van der Waals surface area (Å²) in [6.07, 6.45) is 1.90. The summed E-state index contributed by atoms with van der Waals surface area (Å²) in [6, 6.07) is 41.3. The lowest BCUT2D eigenvalue weighted by atomic mass is 9.79. The predicted octanol–water partition coefficient (Wildman–Crippen LogP) is 9.58. The smallest absolute Gasteiger partial charge is 0.0788 e. The second-order valence-electron chi connectivity index (χ2n) is 11.0. The van der Waals surface area contributed by atoms with E-state index in [4.69, 9.17) is 9.97 Å². The van der Waals surface area contributed by atoms with E-state index >= 15 is 0 Å². The molecule has 2 aromatic heterocycles. The van der Waals surface area contributed by atoms with Gasteiger partial charge in [0, 0.05) is 38.9 Å². The average Bonchev–Trinajstić information content (AvgIpc) is 3.23. The second-order valence-corrected chi connectivity index (χ2v) is 11.0. The Balaban J connectivity index is 1.43. The Morgan fingerprint density at radius 3 is 2.21 bits per heavy atom. The van der Waals surface area contributed by atoms with Crippen molar-refractivity contribution in [3.63, 3.8) is 0 Å². The highest BCUT2D eigenvalue weighted by atomic mass is 14.7. The maximum absolute atomic E-state index is 5.27. The molecule has 2 nitrogen and oxygen atoms in total. The molecule has 0 amide bonds. The number of pyridine rings is 2. The van der Waals surface area contributed by atoms with Crippen LogP contribution in [0.15, 0.2) is 121 Å². The number of rotatable bonds is 2. The van der Waals surface area contributed by atoms with Crippen molar-refractivity contribution in [2.24, 2.45) is 0 Å². The van der Waals surface area contributed by atoms with Crippen LogP contribution in [0.3, 0.4) is 0 Å². The molecule has 0 saturated heterocycles. The molecule has 0 unspecified atom stereocenters. The van der Waals surface area contributed by atoms with Crippen molar-refractivity contribution < 1.29 is 0 Å². The Morgan fingerprint density at radius 2 is 1.31 bits per heavy atom. The normalized spacial score (nSPS) is 13.6. The van der Waals surface area contributed by atoms with E-state index in [2.05, 4.69) is 129 Å². The first-order valence-corrected chi connectivity index (χ1v) is 13.5. The first kappa shape index (κ1) is 22.2. The summed E-state index contributed by atoms with van der Waals surface area (Å²) < 4.78 is 0. The standard InChI is InChI=1S/C37H26N2/c1-37(2)31-16-7-5-14-27(31)28-18-19-30-33(34(28)37)29-15-6-8-17-32(29)39-36(30)25-12-9-11-24(22-25)35-26-13-4-3-10-23(26)20-21-38-35/h3-22H,1-2H3. The van der Waals surface area contributed by atoms with Crippen LogP contribution < -0.4 is 0 Å². The minimum absolute atomic E-state index is 0.110. The quantitative estimate of drug-likeness (QED) is 0.222. The van der Waals surface area contributed by atoms with Gasteiger partial charge in [-0.25, -0.2) is 4.98 Å². The molecular formula is C37H26N2. The van der Waals surface area contributed by atoms with Gasteiger partial charge < -0.3 is 0 Å². The molecule has 2 heterocycles. The maximum Gasteiger partial charge on any atom is 0.0788 e. The summed E-state index contributed by atoms with van der Waals surface area (Å²) in [5.41, 5.74) is 10.6. The Hall–Kier alpha value is -4.82. The van der Waals surface area contributed by atoms with Crippen molar-refractivity contribution in [1.29, 1.82) is 0 Å². The van der Waals surface area contributed by atoms with Crippen LogP contribution in [-0.2, 0) is 5.41 Å². The van der Waals surface area contributed by atoms with E-state index in [0.29, 0.717) is 0 Å². The molecule has 0 bridgehead atoms. The largest absolute Gasteiger partial charge is 0.256 e. The zero-order chi connectivity index (χ0) is 26.1. The third-order valence-electron chi connectivity index (χ3n) is 8.46. The number of aromatic nitrogens is 2. The molecule has 2 heteroatoms. The highest BCUT2D eigenvalue weighted by Gasteiger charge is 2.37. The van der Waals surface area contributed by atoms with E-state index < -0.39 is 0 Å². The predicted molar refractivity (Wildman–Crippen MR) is 163 cm³/mol. The van der Waals surface area contributed by atoms with Crippen LogP contribution in [0, 0.1) is 0 Å². The van der Waals surface area contributed by atoms with E-state index in [-0.39, 0.29) is 5.41 Å². The van der Waals surface area contributed by atoms with Crippen molar-refractivity contribution in [2.45, 2.75) is 19.3 Å². The zero-order valence-electron chi connectivity index (χ0n) is 21.9. The highest BCUT2D eigenvalue weighted by molar-refractivity contribution is 6.15. The van der Waals surface area contributed by atoms with Crippen LogP contribution >= 0.6 is 0 Å². The van der Waals surface area contributed by atoms with Crippen molar-refractivity contribution in [3.05, 3.63) is 133 Å². The van der Waals surface area contributed by atoms with Gasteiger partial charge in [0.25, 0.3) is 0 Å². The second kappa shape index (κ2) is 8.09. The Bertz CT molecular complexity index is 2100. The number of para-hydroxylation sites is 1. The lowest BCUT2D eigenvalue weighted by molar-refractivity contribution is 0.666. The van der Waals surface area contributed by atoms with E-state index in [1.54, 1.807) is 0 Å². The van der Waals surface area contributed by atoms with Crippen molar-refractivity contribution in [2.75, 3.05) is 0 Å². The van der Waals surface area contributed by atoms with Crippen LogP contribution in [0.5, 0.6) is 0 Å². The third-order valence-corrected chi connectivity index (χ3v) is 8.46. The molecule has 0 spiro atoms. The summed E-state index contributed by atoms with van der Waals surface area (Å²) in [4.78, 5) is 10.1. The van der Waals surface area contributed by atoms with Crippen molar-refractivity contribution >= 4 is 32.4 Å². The lowest BCUT2D eigenvalue weighted by Gasteiger charge is -2.24. The molecule has 0 saturated carbocycles. The summed E-state index contributed by atoms with van der Waals surface area (Å²) >= 11 is 0. The van der Waals surface area contributed by atoms with Gasteiger partial charge in [-0.05, 0) is 51.2 Å². The van der Waals surface area contributed by atoms with E-state index in [1.165, 1.54) is 43.8 Å². The molecule has 0 atom stereocenters. The summed E-state index contributed by atoms with van der Waals surface area (Å²) in [7, 11) is 0. The van der Waals surface area contributed by atoms with Crippen LogP contribution in [-0.4, -0.2) is 9.97 Å². The molecule has 0 aliphatic heterocycles. The SMILES string of the molecule is CC1(C)c2ccccc2-c2ccc3c(-c4cccc(-c5nccc6ccccc56)c4)nc4ccccc4c3c21. The minimum Gasteiger partial charge on any atom is -0.256 e. The fourth-order valence-electron chi connectivity index (χ4n) is 6.70. The van der Waals surface area contributed by atoms with E-state index in [0.717, 1.165) is 33.4 Å². The van der Waals surface area contributed by atoms with Gasteiger partial charge in [0.1, 0.15) is 0 Å². The van der Waals surface area contributed by atoms with Crippen molar-refractivity contribution in [1.82, 2.24) is 9.97 Å². The first-order chi connectivity index (χ1) is 19.1. The van der Waals surface area contributed by atoms with Crippen LogP contribution in [0.4, 0.5) is 0 Å². The Kier molecular flexibility index (Phi) is 4.60. The molecule has 39 heavy (non-hydrogen) atoms. The van der Waals surface area contributed by atoms with Crippen LogP contribution in [0.25, 0.3) is 66.1 Å². The lowest BCUT2D eigenvalue weighted by Crippen LogP contribution is -2.15. The number of nitrogens with zero attached hydrogens (tertiary/aromatic N) is 2. The summed E-state index contributed by atoms with van der Waals surface area (Å²) in [5, 5.41) is 6.06. The average molecular weight is 499 g/mol.